The second-order valence-electron chi connectivity index (χ2n) is 3.38. The molecule has 0 aromatic carbocycles. The molecule has 0 aromatic rings. The summed E-state index contributed by atoms with van der Waals surface area (Å²) in [4.78, 5) is 0. The third-order valence-corrected chi connectivity index (χ3v) is 1.72. The zero-order valence-electron chi connectivity index (χ0n) is 8.87. The predicted octanol–water partition coefficient (Wildman–Crippen LogP) is 4.73. The minimum Gasteiger partial charge on any atom is -0.0855 e. The molecule has 0 spiro atoms. The summed E-state index contributed by atoms with van der Waals surface area (Å²) in [6.07, 6.45) is 4.42. The van der Waals surface area contributed by atoms with E-state index in [-0.39, 0.29) is 0 Å². The summed E-state index contributed by atoms with van der Waals surface area (Å²) in [5.41, 5.74) is 8.74. The highest BCUT2D eigenvalue weighted by Crippen LogP contribution is 2.05. The van der Waals surface area contributed by atoms with Crippen molar-refractivity contribution in [1.29, 1.82) is 0 Å². The molecule has 0 radical (unpaired) electrons. The van der Waals surface area contributed by atoms with E-state index in [1.807, 2.05) is 6.92 Å². The first-order chi connectivity index (χ1) is 6.02. The number of allylic oxidation sites excluding steroid dienone is 4. The molecule has 0 aliphatic heterocycles. The average molecular weight is 241 g/mol. The lowest BCUT2D eigenvalue weighted by Gasteiger charge is -1.93. The topological polar surface area (TPSA) is 0 Å². The molecule has 0 aliphatic rings. The van der Waals surface area contributed by atoms with Crippen LogP contribution in [0.1, 0.15) is 40.5 Å². The Morgan fingerprint density at radius 1 is 1.15 bits per heavy atom. The molecule has 0 heterocycles. The fourth-order valence-corrected chi connectivity index (χ4v) is 0.932. The van der Waals surface area contributed by atoms with Crippen LogP contribution in [0.25, 0.3) is 0 Å². The van der Waals surface area contributed by atoms with Gasteiger partial charge in [-0.15, -0.1) is 0 Å². The maximum atomic E-state index is 3.31. The van der Waals surface area contributed by atoms with E-state index in [4.69, 9.17) is 0 Å². The lowest BCUT2D eigenvalue weighted by molar-refractivity contribution is 0.970. The van der Waals surface area contributed by atoms with Crippen molar-refractivity contribution in [2.24, 2.45) is 0 Å². The van der Waals surface area contributed by atoms with Crippen LogP contribution in [-0.4, -0.2) is 0 Å². The van der Waals surface area contributed by atoms with Gasteiger partial charge >= 0.3 is 0 Å². The van der Waals surface area contributed by atoms with E-state index < -0.39 is 0 Å². The molecule has 0 aliphatic carbocycles. The van der Waals surface area contributed by atoms with Gasteiger partial charge in [-0.05, 0) is 62.0 Å². The van der Waals surface area contributed by atoms with Gasteiger partial charge in [-0.1, -0.05) is 23.1 Å². The van der Waals surface area contributed by atoms with Gasteiger partial charge < -0.3 is 0 Å². The molecule has 0 saturated carbocycles. The van der Waals surface area contributed by atoms with Crippen LogP contribution in [0.2, 0.25) is 0 Å². The minimum atomic E-state index is 0.995. The number of hydrogen-bond acceptors (Lipinski definition) is 0. The highest BCUT2D eigenvalue weighted by Gasteiger charge is 1.85. The Morgan fingerprint density at radius 3 is 2.23 bits per heavy atom. The second-order valence-corrected chi connectivity index (χ2v) is 4.57. The second kappa shape index (κ2) is 6.97. The van der Waals surface area contributed by atoms with Crippen LogP contribution in [0.15, 0.2) is 33.2 Å². The van der Waals surface area contributed by atoms with Gasteiger partial charge in [0.2, 0.25) is 0 Å². The number of halogens is 1. The Morgan fingerprint density at radius 2 is 1.77 bits per heavy atom. The normalized spacial score (nSPS) is 8.38. The van der Waals surface area contributed by atoms with Crippen molar-refractivity contribution in [2.45, 2.75) is 40.5 Å². The summed E-state index contributed by atoms with van der Waals surface area (Å²) < 4.78 is 0.995. The molecule has 0 bridgehead atoms. The largest absolute Gasteiger partial charge is 0.0855 e. The van der Waals surface area contributed by atoms with Crippen molar-refractivity contribution in [1.82, 2.24) is 0 Å². The standard InChI is InChI=1S/C12H17Br/c1-10(2)6-5-7-11(3)8-9-12(4)13/h6H,5,7H2,1-4H3. The molecule has 0 rings (SSSR count). The summed E-state index contributed by atoms with van der Waals surface area (Å²) in [5, 5.41) is 0. The Hall–Kier alpha value is -0.480. The quantitative estimate of drug-likeness (QED) is 0.495. The molecular formula is C12H17Br. The molecule has 72 valence electrons. The molecule has 0 nitrogen and oxygen atoms in total. The van der Waals surface area contributed by atoms with Gasteiger partial charge in [0.15, 0.2) is 0 Å². The summed E-state index contributed by atoms with van der Waals surface area (Å²) in [6, 6.07) is 0. The van der Waals surface area contributed by atoms with Gasteiger partial charge in [-0.25, -0.2) is 0 Å². The minimum absolute atomic E-state index is 0.995. The fourth-order valence-electron chi connectivity index (χ4n) is 0.833. The van der Waals surface area contributed by atoms with E-state index in [9.17, 15) is 0 Å². The lowest BCUT2D eigenvalue weighted by Crippen LogP contribution is -1.73. The molecule has 0 N–H and O–H groups in total. The van der Waals surface area contributed by atoms with E-state index in [2.05, 4.69) is 54.2 Å². The summed E-state index contributed by atoms with van der Waals surface area (Å²) in [6.45, 7) is 8.28. The van der Waals surface area contributed by atoms with Gasteiger partial charge in [-0.2, -0.15) is 0 Å². The van der Waals surface area contributed by atoms with Gasteiger partial charge in [0, 0.05) is 4.48 Å². The first-order valence-electron chi connectivity index (χ1n) is 4.49. The van der Waals surface area contributed by atoms with Gasteiger partial charge in [0.25, 0.3) is 0 Å². The zero-order valence-corrected chi connectivity index (χ0v) is 10.5. The van der Waals surface area contributed by atoms with Crippen molar-refractivity contribution in [3.8, 4) is 0 Å². The molecule has 0 unspecified atom stereocenters. The Bertz CT molecular complexity index is 274. The van der Waals surface area contributed by atoms with E-state index in [0.717, 1.165) is 17.3 Å². The number of rotatable bonds is 3. The van der Waals surface area contributed by atoms with Crippen molar-refractivity contribution < 1.29 is 0 Å². The van der Waals surface area contributed by atoms with Gasteiger partial charge in [0.05, 0.1) is 0 Å². The lowest BCUT2D eigenvalue weighted by atomic mass is 10.1. The van der Waals surface area contributed by atoms with Crippen molar-refractivity contribution in [3.63, 3.8) is 0 Å². The maximum absolute atomic E-state index is 3.31. The molecule has 13 heavy (non-hydrogen) atoms. The summed E-state index contributed by atoms with van der Waals surface area (Å²) in [5.74, 6) is 0. The maximum Gasteiger partial charge on any atom is 0.0421 e. The molecular weight excluding hydrogens is 224 g/mol. The Balaban J connectivity index is 4.18. The van der Waals surface area contributed by atoms with Crippen LogP contribution in [0.3, 0.4) is 0 Å². The number of hydrogen-bond donors (Lipinski definition) is 0. The molecule has 0 saturated heterocycles. The van der Waals surface area contributed by atoms with E-state index in [1.54, 1.807) is 0 Å². The summed E-state index contributed by atoms with van der Waals surface area (Å²) in [7, 11) is 0. The Labute approximate surface area is 89.9 Å². The highest BCUT2D eigenvalue weighted by molar-refractivity contribution is 9.11. The van der Waals surface area contributed by atoms with Crippen LogP contribution < -0.4 is 0 Å². The highest BCUT2D eigenvalue weighted by atomic mass is 79.9. The summed E-state index contributed by atoms with van der Waals surface area (Å²) >= 11 is 3.31. The first-order valence-corrected chi connectivity index (χ1v) is 5.28. The van der Waals surface area contributed by atoms with Crippen LogP contribution in [0.4, 0.5) is 0 Å². The van der Waals surface area contributed by atoms with Crippen molar-refractivity contribution in [3.05, 3.63) is 33.2 Å². The predicted molar refractivity (Wildman–Crippen MR) is 63.0 cm³/mol. The first kappa shape index (κ1) is 12.5. The van der Waals surface area contributed by atoms with E-state index in [0.29, 0.717) is 0 Å². The van der Waals surface area contributed by atoms with Gasteiger partial charge in [0.1, 0.15) is 0 Å². The monoisotopic (exact) mass is 240 g/mol. The van der Waals surface area contributed by atoms with Crippen LogP contribution in [0.5, 0.6) is 0 Å². The molecule has 0 atom stereocenters. The molecule has 0 amide bonds. The van der Waals surface area contributed by atoms with Crippen LogP contribution in [-0.2, 0) is 0 Å². The van der Waals surface area contributed by atoms with E-state index in [1.165, 1.54) is 11.1 Å². The van der Waals surface area contributed by atoms with Crippen LogP contribution in [0, 0.1) is 0 Å². The van der Waals surface area contributed by atoms with E-state index >= 15 is 0 Å². The molecule has 0 fully saturated rings. The van der Waals surface area contributed by atoms with Crippen molar-refractivity contribution in [2.75, 3.05) is 0 Å². The van der Waals surface area contributed by atoms with Crippen LogP contribution >= 0.6 is 15.9 Å². The van der Waals surface area contributed by atoms with Gasteiger partial charge in [-0.3, -0.25) is 0 Å². The third kappa shape index (κ3) is 9.43. The molecule has 1 heteroatoms. The molecule has 0 aromatic heterocycles. The fraction of sp³-hybridized carbons (Fsp3) is 0.500. The SMILES string of the molecule is CC(Br)=C=C=C(C)CCC=C(C)C. The zero-order chi connectivity index (χ0) is 10.3. The smallest absolute Gasteiger partial charge is 0.0421 e. The third-order valence-electron chi connectivity index (χ3n) is 1.52. The Kier molecular flexibility index (Phi) is 6.72. The average Bonchev–Trinajstić information content (AvgIpc) is 2.00. The van der Waals surface area contributed by atoms with Crippen molar-refractivity contribution >= 4 is 15.9 Å².